The van der Waals surface area contributed by atoms with E-state index in [0.29, 0.717) is 11.3 Å². The normalized spacial score (nSPS) is 22.1. The monoisotopic (exact) mass is 564 g/mol. The van der Waals surface area contributed by atoms with Crippen molar-refractivity contribution in [3.8, 4) is 16.9 Å². The van der Waals surface area contributed by atoms with Gasteiger partial charge in [-0.25, -0.2) is 17.8 Å². The molecule has 9 heteroatoms. The summed E-state index contributed by atoms with van der Waals surface area (Å²) in [6.07, 6.45) is 3.69. The molecule has 3 atom stereocenters. The Morgan fingerprint density at radius 1 is 1.12 bits per heavy atom. The van der Waals surface area contributed by atoms with E-state index in [1.807, 2.05) is 37.3 Å². The van der Waals surface area contributed by atoms with Crippen molar-refractivity contribution in [3.05, 3.63) is 76.7 Å². The summed E-state index contributed by atoms with van der Waals surface area (Å²) < 4.78 is 44.0. The number of benzene rings is 2. The highest BCUT2D eigenvalue weighted by molar-refractivity contribution is 7.90. The van der Waals surface area contributed by atoms with Crippen LogP contribution >= 0.6 is 0 Å². The molecule has 1 saturated heterocycles. The van der Waals surface area contributed by atoms with E-state index in [1.54, 1.807) is 12.1 Å². The van der Waals surface area contributed by atoms with Gasteiger partial charge in [0.2, 0.25) is 0 Å². The number of nitrogens with zero attached hydrogens (tertiary/aromatic N) is 2. The molecule has 1 saturated carbocycles. The molecule has 6 rings (SSSR count). The molecule has 7 nitrogen and oxygen atoms in total. The van der Waals surface area contributed by atoms with Gasteiger partial charge in [-0.3, -0.25) is 4.79 Å². The average Bonchev–Trinajstić information content (AvgIpc) is 3.50. The van der Waals surface area contributed by atoms with Crippen LogP contribution in [0.25, 0.3) is 11.1 Å². The third kappa shape index (κ3) is 5.31. The lowest BCUT2D eigenvalue weighted by molar-refractivity contribution is -0.139. The predicted molar refractivity (Wildman–Crippen MR) is 151 cm³/mol. The number of aliphatic carboxylic acids is 1. The van der Waals surface area contributed by atoms with Crippen LogP contribution in [0.3, 0.4) is 0 Å². The fourth-order valence-electron chi connectivity index (χ4n) is 6.62. The number of anilines is 1. The third-order valence-corrected chi connectivity index (χ3v) is 9.76. The van der Waals surface area contributed by atoms with Crippen molar-refractivity contribution >= 4 is 21.6 Å². The lowest BCUT2D eigenvalue weighted by atomic mass is 9.98. The number of rotatable bonds is 8. The number of ether oxygens (including phenoxy) is 1. The van der Waals surface area contributed by atoms with Gasteiger partial charge in [0.1, 0.15) is 33.8 Å². The molecule has 210 valence electrons. The standard InChI is InChI=1S/C31H33FN2O5S/c1-18-24(6-8-28(33-18)34-11-9-19(10-12-34)17-40(2,37)38)20-3-7-27(32)22(13-20)16-39-23-4-5-25-21(14-23)15-26-29(25)30(26)31(35)36/h3-8,13-14,19,26,29-30H,9-12,15-17H2,1-2H3,(H,35,36). The zero-order valence-electron chi connectivity index (χ0n) is 22.6. The van der Waals surface area contributed by atoms with Crippen molar-refractivity contribution in [2.75, 3.05) is 30.0 Å². The zero-order valence-corrected chi connectivity index (χ0v) is 23.5. The molecule has 1 aromatic heterocycles. The molecule has 3 aromatic rings. The highest BCUT2D eigenvalue weighted by atomic mass is 32.2. The van der Waals surface area contributed by atoms with E-state index in [0.717, 1.165) is 66.1 Å². The number of halogens is 1. The molecular weight excluding hydrogens is 531 g/mol. The number of fused-ring (bicyclic) bond motifs is 3. The molecule has 40 heavy (non-hydrogen) atoms. The van der Waals surface area contributed by atoms with Crippen LogP contribution in [0.2, 0.25) is 0 Å². The van der Waals surface area contributed by atoms with E-state index < -0.39 is 15.8 Å². The molecular formula is C31H33FN2O5S. The van der Waals surface area contributed by atoms with E-state index in [9.17, 15) is 22.7 Å². The first kappa shape index (κ1) is 26.7. The second-order valence-corrected chi connectivity index (χ2v) is 13.7. The number of carbonyl (C=O) groups is 1. The summed E-state index contributed by atoms with van der Waals surface area (Å²) in [5.74, 6) is 0.937. The van der Waals surface area contributed by atoms with Gasteiger partial charge in [0.15, 0.2) is 0 Å². The Morgan fingerprint density at radius 2 is 1.90 bits per heavy atom. The SMILES string of the molecule is Cc1nc(N2CCC(CS(C)(=O)=O)CC2)ccc1-c1ccc(F)c(COc2ccc3c(c2)CC2C(C(=O)O)C32)c1. The number of carboxylic acid groups (broad SMARTS) is 1. The Bertz CT molecular complexity index is 1580. The smallest absolute Gasteiger partial charge is 0.307 e. The summed E-state index contributed by atoms with van der Waals surface area (Å²) in [6, 6.07) is 14.7. The molecule has 0 spiro atoms. The molecule has 2 aliphatic carbocycles. The fraction of sp³-hybridized carbons (Fsp3) is 0.419. The van der Waals surface area contributed by atoms with Gasteiger partial charge in [-0.1, -0.05) is 12.1 Å². The molecule has 2 aromatic carbocycles. The maximum absolute atomic E-state index is 14.7. The maximum atomic E-state index is 14.7. The Hall–Kier alpha value is -3.46. The first-order valence-corrected chi connectivity index (χ1v) is 15.8. The van der Waals surface area contributed by atoms with Crippen LogP contribution in [0.15, 0.2) is 48.5 Å². The fourth-order valence-corrected chi connectivity index (χ4v) is 7.81. The van der Waals surface area contributed by atoms with Crippen LogP contribution < -0.4 is 9.64 Å². The van der Waals surface area contributed by atoms with Crippen LogP contribution in [0.5, 0.6) is 5.75 Å². The van der Waals surface area contributed by atoms with Crippen molar-refractivity contribution < 1.29 is 27.4 Å². The zero-order chi connectivity index (χ0) is 28.2. The summed E-state index contributed by atoms with van der Waals surface area (Å²) in [5, 5.41) is 9.33. The second kappa shape index (κ2) is 10.2. The van der Waals surface area contributed by atoms with Crippen molar-refractivity contribution in [3.63, 3.8) is 0 Å². The third-order valence-electron chi connectivity index (χ3n) is 8.68. The number of piperidine rings is 1. The van der Waals surface area contributed by atoms with Gasteiger partial charge in [-0.2, -0.15) is 0 Å². The lowest BCUT2D eigenvalue weighted by Gasteiger charge is -2.32. The van der Waals surface area contributed by atoms with E-state index in [1.165, 1.54) is 12.3 Å². The van der Waals surface area contributed by atoms with E-state index >= 15 is 0 Å². The van der Waals surface area contributed by atoms with Crippen LogP contribution in [0.1, 0.15) is 41.1 Å². The van der Waals surface area contributed by atoms with Crippen LogP contribution in [-0.2, 0) is 27.7 Å². The maximum Gasteiger partial charge on any atom is 0.307 e. The minimum Gasteiger partial charge on any atom is -0.489 e. The molecule has 3 unspecified atom stereocenters. The molecule has 2 heterocycles. The van der Waals surface area contributed by atoms with Gasteiger partial charge in [0.25, 0.3) is 0 Å². The van der Waals surface area contributed by atoms with Crippen molar-refractivity contribution in [2.24, 2.45) is 17.8 Å². The molecule has 1 aliphatic heterocycles. The summed E-state index contributed by atoms with van der Waals surface area (Å²) in [6.45, 7) is 3.57. The van der Waals surface area contributed by atoms with E-state index in [2.05, 4.69) is 4.90 Å². The highest BCUT2D eigenvalue weighted by Crippen LogP contribution is 2.61. The van der Waals surface area contributed by atoms with Gasteiger partial charge in [0.05, 0.1) is 11.7 Å². The predicted octanol–water partition coefficient (Wildman–Crippen LogP) is 5.01. The van der Waals surface area contributed by atoms with Crippen LogP contribution in [0.4, 0.5) is 10.2 Å². The quantitative estimate of drug-likeness (QED) is 0.411. The number of aromatic nitrogens is 1. The molecule has 1 N–H and O–H groups in total. The number of pyridine rings is 1. The number of hydrogen-bond acceptors (Lipinski definition) is 6. The Balaban J connectivity index is 1.12. The summed E-state index contributed by atoms with van der Waals surface area (Å²) in [5.41, 5.74) is 5.29. The lowest BCUT2D eigenvalue weighted by Crippen LogP contribution is -2.36. The Labute approximate surface area is 233 Å². The van der Waals surface area contributed by atoms with Crippen LogP contribution in [0, 0.1) is 30.5 Å². The summed E-state index contributed by atoms with van der Waals surface area (Å²) in [7, 11) is -2.97. The Morgan fingerprint density at radius 3 is 2.60 bits per heavy atom. The van der Waals surface area contributed by atoms with E-state index in [-0.39, 0.29) is 41.8 Å². The highest BCUT2D eigenvalue weighted by Gasteiger charge is 2.59. The van der Waals surface area contributed by atoms with Gasteiger partial charge < -0.3 is 14.7 Å². The largest absolute Gasteiger partial charge is 0.489 e. The first-order valence-electron chi connectivity index (χ1n) is 13.7. The average molecular weight is 565 g/mol. The van der Waals surface area contributed by atoms with Crippen molar-refractivity contribution in [1.29, 1.82) is 0 Å². The Kier molecular flexibility index (Phi) is 6.81. The van der Waals surface area contributed by atoms with Crippen LogP contribution in [-0.4, -0.2) is 49.6 Å². The molecule has 0 amide bonds. The molecule has 2 fully saturated rings. The molecule has 0 bridgehead atoms. The van der Waals surface area contributed by atoms with Gasteiger partial charge >= 0.3 is 5.97 Å². The number of carboxylic acids is 1. The number of hydrogen-bond donors (Lipinski definition) is 1. The van der Waals surface area contributed by atoms with Gasteiger partial charge in [-0.15, -0.1) is 0 Å². The number of sulfone groups is 1. The molecule has 0 radical (unpaired) electrons. The summed E-state index contributed by atoms with van der Waals surface area (Å²) in [4.78, 5) is 18.4. The van der Waals surface area contributed by atoms with Crippen molar-refractivity contribution in [2.45, 2.75) is 38.7 Å². The minimum atomic E-state index is -2.97. The second-order valence-electron chi connectivity index (χ2n) is 11.5. The van der Waals surface area contributed by atoms with Gasteiger partial charge in [-0.05, 0) is 91.1 Å². The topological polar surface area (TPSA) is 96.8 Å². The van der Waals surface area contributed by atoms with E-state index in [4.69, 9.17) is 9.72 Å². The van der Waals surface area contributed by atoms with Gasteiger partial charge in [0, 0.05) is 42.1 Å². The van der Waals surface area contributed by atoms with Crippen molar-refractivity contribution in [1.82, 2.24) is 4.98 Å². The first-order chi connectivity index (χ1) is 19.1. The summed E-state index contributed by atoms with van der Waals surface area (Å²) >= 11 is 0. The molecule has 3 aliphatic rings. The minimum absolute atomic E-state index is 0.0794. The number of aryl methyl sites for hydroxylation is 1.